The van der Waals surface area contributed by atoms with Gasteiger partial charge in [-0.15, -0.1) is 0 Å². The van der Waals surface area contributed by atoms with Crippen LogP contribution in [-0.2, 0) is 22.1 Å². The van der Waals surface area contributed by atoms with E-state index in [1.54, 1.807) is 6.07 Å². The van der Waals surface area contributed by atoms with Crippen LogP contribution in [0.1, 0.15) is 24.0 Å². The Kier molecular flexibility index (Phi) is 5.53. The molecule has 1 saturated carbocycles. The number of aromatic amines is 1. The van der Waals surface area contributed by atoms with Crippen LogP contribution in [-0.4, -0.2) is 64.2 Å². The van der Waals surface area contributed by atoms with Crippen LogP contribution in [0.25, 0.3) is 11.0 Å². The molecule has 12 heteroatoms. The molecule has 2 aliphatic rings. The molecule has 5 rings (SSSR count). The van der Waals surface area contributed by atoms with E-state index in [0.717, 1.165) is 25.0 Å². The van der Waals surface area contributed by atoms with Crippen LogP contribution in [0.3, 0.4) is 0 Å². The van der Waals surface area contributed by atoms with Crippen molar-refractivity contribution < 1.29 is 32.2 Å². The van der Waals surface area contributed by atoms with Crippen LogP contribution in [0.5, 0.6) is 5.88 Å². The minimum absolute atomic E-state index is 0.0453. The van der Waals surface area contributed by atoms with Gasteiger partial charge >= 0.3 is 12.3 Å². The van der Waals surface area contributed by atoms with Crippen molar-refractivity contribution in [1.82, 2.24) is 19.9 Å². The van der Waals surface area contributed by atoms with Gasteiger partial charge in [-0.1, -0.05) is 12.1 Å². The molecule has 1 aliphatic carbocycles. The Balaban J connectivity index is 1.30. The fraction of sp³-hybridized carbons (Fsp3) is 0.391. The Labute approximate surface area is 197 Å². The van der Waals surface area contributed by atoms with E-state index >= 15 is 0 Å². The summed E-state index contributed by atoms with van der Waals surface area (Å²) < 4.78 is 48.0. The third-order valence-corrected chi connectivity index (χ3v) is 6.46. The molecule has 1 spiro atoms. The van der Waals surface area contributed by atoms with Crippen LogP contribution in [0.2, 0.25) is 0 Å². The van der Waals surface area contributed by atoms with E-state index in [-0.39, 0.29) is 23.7 Å². The zero-order valence-corrected chi connectivity index (χ0v) is 18.8. The molecule has 3 aromatic rings. The molecule has 1 aromatic carbocycles. The molecule has 1 aliphatic heterocycles. The summed E-state index contributed by atoms with van der Waals surface area (Å²) >= 11 is 0. The van der Waals surface area contributed by atoms with Gasteiger partial charge in [-0.05, 0) is 30.5 Å². The highest BCUT2D eigenvalue weighted by atomic mass is 19.4. The number of hydrogen-bond donors (Lipinski definition) is 1. The fourth-order valence-corrected chi connectivity index (χ4v) is 4.54. The van der Waals surface area contributed by atoms with Gasteiger partial charge in [0.1, 0.15) is 17.8 Å². The second kappa shape index (κ2) is 8.43. The maximum Gasteiger partial charge on any atom is 0.514 e. The van der Waals surface area contributed by atoms with Crippen molar-refractivity contribution in [2.75, 3.05) is 31.6 Å². The number of halogens is 3. The number of ether oxygens (including phenoxy) is 2. The molecule has 0 bridgehead atoms. The molecule has 0 radical (unpaired) electrons. The highest BCUT2D eigenvalue weighted by Gasteiger charge is 2.53. The molecule has 0 unspecified atom stereocenters. The predicted octanol–water partition coefficient (Wildman–Crippen LogP) is 3.55. The summed E-state index contributed by atoms with van der Waals surface area (Å²) in [5, 5.41) is 0.673. The predicted molar refractivity (Wildman–Crippen MR) is 118 cm³/mol. The number of amides is 1. The minimum Gasteiger partial charge on any atom is -0.437 e. The first-order valence-electron chi connectivity index (χ1n) is 11.0. The van der Waals surface area contributed by atoms with Gasteiger partial charge < -0.3 is 24.3 Å². The Hall–Kier alpha value is -3.83. The maximum atomic E-state index is 13.1. The lowest BCUT2D eigenvalue weighted by Gasteiger charge is -2.43. The third-order valence-electron chi connectivity index (χ3n) is 6.46. The smallest absolute Gasteiger partial charge is 0.437 e. The second-order valence-corrected chi connectivity index (χ2v) is 8.71. The number of aromatic nitrogens is 3. The number of benzene rings is 1. The number of fused-ring (bicyclic) bond motifs is 1. The van der Waals surface area contributed by atoms with Gasteiger partial charge in [0.25, 0.3) is 0 Å². The largest absolute Gasteiger partial charge is 0.514 e. The summed E-state index contributed by atoms with van der Waals surface area (Å²) in [4.78, 5) is 40.0. The van der Waals surface area contributed by atoms with E-state index in [1.165, 1.54) is 25.6 Å². The van der Waals surface area contributed by atoms with Crippen molar-refractivity contribution in [3.05, 3.63) is 47.8 Å². The second-order valence-electron chi connectivity index (χ2n) is 8.71. The van der Waals surface area contributed by atoms with Crippen molar-refractivity contribution in [2.24, 2.45) is 0 Å². The number of piperazine rings is 1. The van der Waals surface area contributed by atoms with Crippen molar-refractivity contribution in [1.29, 1.82) is 0 Å². The van der Waals surface area contributed by atoms with E-state index in [0.29, 0.717) is 42.0 Å². The van der Waals surface area contributed by atoms with Gasteiger partial charge in [-0.3, -0.25) is 4.79 Å². The maximum absolute atomic E-state index is 13.1. The number of H-pyrrole nitrogens is 1. The van der Waals surface area contributed by atoms with E-state index in [4.69, 9.17) is 4.74 Å². The number of alkyl halides is 3. The summed E-state index contributed by atoms with van der Waals surface area (Å²) in [6, 6.07) is 6.34. The Morgan fingerprint density at radius 2 is 1.89 bits per heavy atom. The summed E-state index contributed by atoms with van der Waals surface area (Å²) in [6.45, 7) is 1.54. The molecular formula is C23H22F3N5O4. The van der Waals surface area contributed by atoms with Crippen LogP contribution in [0, 0.1) is 0 Å². The zero-order chi connectivity index (χ0) is 24.8. The lowest BCUT2D eigenvalue weighted by Crippen LogP contribution is -2.57. The van der Waals surface area contributed by atoms with Gasteiger partial charge in [0, 0.05) is 25.7 Å². The van der Waals surface area contributed by atoms with Gasteiger partial charge in [-0.25, -0.2) is 14.8 Å². The van der Waals surface area contributed by atoms with Crippen molar-refractivity contribution in [2.45, 2.75) is 31.0 Å². The lowest BCUT2D eigenvalue weighted by atomic mass is 10.0. The lowest BCUT2D eigenvalue weighted by molar-refractivity contribution is -0.137. The van der Waals surface area contributed by atoms with Crippen molar-refractivity contribution >= 4 is 28.9 Å². The molecule has 1 amide bonds. The van der Waals surface area contributed by atoms with Gasteiger partial charge in [0.2, 0.25) is 11.8 Å². The SMILES string of the molecule is COC(=O)Oc1cc2c(N3CCN(C(=O)Cc4ccc(C(F)(F)F)cc4)C4(CC4)C3)ncnc2[nH]1. The Bertz CT molecular complexity index is 1270. The quantitative estimate of drug-likeness (QED) is 0.560. The Morgan fingerprint density at radius 3 is 2.54 bits per heavy atom. The molecule has 184 valence electrons. The standard InChI is InChI=1S/C23H22F3N5O4/c1-34-21(33)35-17-11-16-19(29-17)27-13-28-20(16)30-8-9-31(22(12-30)6-7-22)18(32)10-14-2-4-15(5-3-14)23(24,25)26/h2-5,11,13H,6-10,12H2,1H3,(H,27,28,29). The first-order valence-corrected chi connectivity index (χ1v) is 11.0. The number of carbonyl (C=O) groups is 2. The number of methoxy groups -OCH3 is 1. The normalized spacial score (nSPS) is 17.0. The summed E-state index contributed by atoms with van der Waals surface area (Å²) in [5.41, 5.74) is -0.0222. The molecule has 0 atom stereocenters. The fourth-order valence-electron chi connectivity index (χ4n) is 4.54. The van der Waals surface area contributed by atoms with E-state index in [9.17, 15) is 22.8 Å². The van der Waals surface area contributed by atoms with E-state index < -0.39 is 17.9 Å². The number of nitrogens with zero attached hydrogens (tertiary/aromatic N) is 4. The molecule has 2 aromatic heterocycles. The van der Waals surface area contributed by atoms with E-state index in [2.05, 4.69) is 24.6 Å². The number of hydrogen-bond acceptors (Lipinski definition) is 7. The highest BCUT2D eigenvalue weighted by Crippen LogP contribution is 2.46. The topological polar surface area (TPSA) is 101 Å². The summed E-state index contributed by atoms with van der Waals surface area (Å²) in [5.74, 6) is 0.734. The summed E-state index contributed by atoms with van der Waals surface area (Å²) in [7, 11) is 1.21. The molecule has 1 saturated heterocycles. The monoisotopic (exact) mass is 489 g/mol. The minimum atomic E-state index is -4.41. The average Bonchev–Trinajstić information content (AvgIpc) is 3.45. The average molecular weight is 489 g/mol. The molecule has 35 heavy (non-hydrogen) atoms. The van der Waals surface area contributed by atoms with Crippen LogP contribution in [0.4, 0.5) is 23.8 Å². The van der Waals surface area contributed by atoms with Gasteiger partial charge in [0.05, 0.1) is 30.0 Å². The number of rotatable bonds is 4. The highest BCUT2D eigenvalue weighted by molar-refractivity contribution is 5.90. The molecule has 9 nitrogen and oxygen atoms in total. The molecule has 3 heterocycles. The molecular weight excluding hydrogens is 467 g/mol. The van der Waals surface area contributed by atoms with Crippen LogP contribution < -0.4 is 9.64 Å². The van der Waals surface area contributed by atoms with Crippen molar-refractivity contribution in [3.8, 4) is 5.88 Å². The summed E-state index contributed by atoms with van der Waals surface area (Å²) in [6.07, 6.45) is -2.14. The van der Waals surface area contributed by atoms with Crippen LogP contribution >= 0.6 is 0 Å². The third kappa shape index (κ3) is 4.47. The van der Waals surface area contributed by atoms with Crippen LogP contribution in [0.15, 0.2) is 36.7 Å². The number of nitrogens with one attached hydrogen (secondary N) is 1. The number of anilines is 1. The van der Waals surface area contributed by atoms with Gasteiger partial charge in [0.15, 0.2) is 0 Å². The molecule has 2 fully saturated rings. The first kappa shape index (κ1) is 22.9. The molecule has 1 N–H and O–H groups in total. The van der Waals surface area contributed by atoms with Crippen molar-refractivity contribution in [3.63, 3.8) is 0 Å². The zero-order valence-electron chi connectivity index (χ0n) is 18.8. The first-order chi connectivity index (χ1) is 16.7. The van der Waals surface area contributed by atoms with Gasteiger partial charge in [-0.2, -0.15) is 13.2 Å². The Morgan fingerprint density at radius 1 is 1.14 bits per heavy atom. The van der Waals surface area contributed by atoms with E-state index in [1.807, 2.05) is 4.90 Å². The number of carbonyl (C=O) groups excluding carboxylic acids is 2.